The number of esters is 1. The lowest BCUT2D eigenvalue weighted by molar-refractivity contribution is -0.234. The molecule has 0 saturated heterocycles. The molecule has 0 aromatic rings. The topological polar surface area (TPSA) is 66.8 Å². The first kappa shape index (κ1) is 17.8. The van der Waals surface area contributed by atoms with Crippen LogP contribution in [0.25, 0.3) is 0 Å². The Hall–Kier alpha value is -0.610. The van der Waals surface area contributed by atoms with Gasteiger partial charge in [0.25, 0.3) is 0 Å². The minimum atomic E-state index is -0.601. The highest BCUT2D eigenvalue weighted by Crippen LogP contribution is 2.76. The molecule has 4 aliphatic rings. The Balaban J connectivity index is 1.82. The molecule has 2 N–H and O–H groups in total. The minimum absolute atomic E-state index is 0.00542. The second-order valence-electron chi connectivity index (χ2n) is 10.4. The Labute approximate surface area is 151 Å². The SMILES string of the molecule is COC(=O)[C@]1(C)CCC[C@@]2(C)[C@H]1[C@H](O)CC1C[C@@H](O)[C@]3(C)CC[C@]12C3. The number of methoxy groups -OCH3 is 1. The lowest BCUT2D eigenvalue weighted by Crippen LogP contribution is -2.66. The van der Waals surface area contributed by atoms with E-state index in [2.05, 4.69) is 13.8 Å². The van der Waals surface area contributed by atoms with Gasteiger partial charge in [-0.25, -0.2) is 0 Å². The van der Waals surface area contributed by atoms with Gasteiger partial charge >= 0.3 is 5.97 Å². The molecule has 4 saturated carbocycles. The van der Waals surface area contributed by atoms with Gasteiger partial charge in [-0.3, -0.25) is 4.79 Å². The summed E-state index contributed by atoms with van der Waals surface area (Å²) in [7, 11) is 1.47. The summed E-state index contributed by atoms with van der Waals surface area (Å²) in [6, 6.07) is 0. The molecule has 4 aliphatic carbocycles. The zero-order valence-electron chi connectivity index (χ0n) is 16.2. The standard InChI is InChI=1S/C21H34O4/c1-18-8-9-21(12-18)13(11-15(18)23)10-14(22)16-19(2,17(24)25-4)6-5-7-20(16,21)3/h13-16,22-23H,5-12H2,1-4H3/t13?,14-,15-,16+,18-,19-,20+,21+/m1/s1. The third kappa shape index (κ3) is 1.99. The van der Waals surface area contributed by atoms with Crippen LogP contribution in [0.3, 0.4) is 0 Å². The summed E-state index contributed by atoms with van der Waals surface area (Å²) in [4.78, 5) is 12.7. The van der Waals surface area contributed by atoms with Crippen molar-refractivity contribution < 1.29 is 19.7 Å². The second-order valence-corrected chi connectivity index (χ2v) is 10.4. The highest BCUT2D eigenvalue weighted by molar-refractivity contribution is 5.77. The fourth-order valence-electron chi connectivity index (χ4n) is 8.23. The second kappa shape index (κ2) is 5.22. The van der Waals surface area contributed by atoms with Crippen LogP contribution in [-0.2, 0) is 9.53 Å². The summed E-state index contributed by atoms with van der Waals surface area (Å²) in [5.41, 5.74) is -0.504. The van der Waals surface area contributed by atoms with Crippen molar-refractivity contribution in [2.75, 3.05) is 7.11 Å². The molecule has 25 heavy (non-hydrogen) atoms. The third-order valence-corrected chi connectivity index (χ3v) is 9.42. The van der Waals surface area contributed by atoms with Gasteiger partial charge in [-0.1, -0.05) is 20.3 Å². The van der Waals surface area contributed by atoms with Gasteiger partial charge in [-0.2, -0.15) is 0 Å². The lowest BCUT2D eigenvalue weighted by atomic mass is 9.37. The summed E-state index contributed by atoms with van der Waals surface area (Å²) in [6.07, 6.45) is 6.92. The number of hydrogen-bond donors (Lipinski definition) is 2. The smallest absolute Gasteiger partial charge is 0.311 e. The Morgan fingerprint density at radius 2 is 1.76 bits per heavy atom. The van der Waals surface area contributed by atoms with E-state index in [0.29, 0.717) is 5.92 Å². The third-order valence-electron chi connectivity index (χ3n) is 9.42. The molecule has 4 fully saturated rings. The minimum Gasteiger partial charge on any atom is -0.469 e. The van der Waals surface area contributed by atoms with Crippen molar-refractivity contribution in [3.05, 3.63) is 0 Å². The maximum atomic E-state index is 12.7. The predicted octanol–water partition coefficient (Wildman–Crippen LogP) is 3.29. The van der Waals surface area contributed by atoms with E-state index < -0.39 is 11.5 Å². The monoisotopic (exact) mass is 350 g/mol. The number of carbonyl (C=O) groups is 1. The van der Waals surface area contributed by atoms with Crippen LogP contribution in [0, 0.1) is 33.5 Å². The average molecular weight is 350 g/mol. The fourth-order valence-corrected chi connectivity index (χ4v) is 8.23. The van der Waals surface area contributed by atoms with Crippen molar-refractivity contribution in [1.82, 2.24) is 0 Å². The number of rotatable bonds is 1. The maximum Gasteiger partial charge on any atom is 0.311 e. The van der Waals surface area contributed by atoms with Gasteiger partial charge < -0.3 is 14.9 Å². The van der Waals surface area contributed by atoms with Crippen molar-refractivity contribution in [3.8, 4) is 0 Å². The Morgan fingerprint density at radius 1 is 1.04 bits per heavy atom. The van der Waals surface area contributed by atoms with Crippen molar-refractivity contribution in [2.24, 2.45) is 33.5 Å². The molecule has 0 aromatic carbocycles. The van der Waals surface area contributed by atoms with Crippen LogP contribution in [0.2, 0.25) is 0 Å². The van der Waals surface area contributed by atoms with Gasteiger partial charge in [0.2, 0.25) is 0 Å². The maximum absolute atomic E-state index is 12.7. The van der Waals surface area contributed by atoms with Crippen LogP contribution in [0.15, 0.2) is 0 Å². The number of fused-ring (bicyclic) bond motifs is 2. The van der Waals surface area contributed by atoms with Crippen LogP contribution < -0.4 is 0 Å². The largest absolute Gasteiger partial charge is 0.469 e. The van der Waals surface area contributed by atoms with Crippen LogP contribution in [0.4, 0.5) is 0 Å². The summed E-state index contributed by atoms with van der Waals surface area (Å²) < 4.78 is 5.19. The molecule has 4 rings (SSSR count). The predicted molar refractivity (Wildman–Crippen MR) is 94.7 cm³/mol. The van der Waals surface area contributed by atoms with E-state index in [1.807, 2.05) is 6.92 Å². The van der Waals surface area contributed by atoms with Gasteiger partial charge in [0, 0.05) is 5.92 Å². The molecule has 1 unspecified atom stereocenters. The van der Waals surface area contributed by atoms with Crippen LogP contribution in [-0.4, -0.2) is 35.5 Å². The first-order valence-corrected chi connectivity index (χ1v) is 10.1. The molecule has 1 spiro atoms. The van der Waals surface area contributed by atoms with Gasteiger partial charge in [0.05, 0.1) is 24.7 Å². The molecule has 142 valence electrons. The summed E-state index contributed by atoms with van der Waals surface area (Å²) in [6.45, 7) is 6.61. The molecule has 4 heteroatoms. The molecule has 0 heterocycles. The lowest BCUT2D eigenvalue weighted by Gasteiger charge is -2.67. The molecule has 8 atom stereocenters. The van der Waals surface area contributed by atoms with E-state index >= 15 is 0 Å². The van der Waals surface area contributed by atoms with Crippen LogP contribution in [0.5, 0.6) is 0 Å². The molecule has 0 aliphatic heterocycles. The first-order chi connectivity index (χ1) is 11.6. The fraction of sp³-hybridized carbons (Fsp3) is 0.952. The van der Waals surface area contributed by atoms with Crippen molar-refractivity contribution in [2.45, 2.75) is 84.3 Å². The molecule has 4 nitrogen and oxygen atoms in total. The summed E-state index contributed by atoms with van der Waals surface area (Å²) in [5.74, 6) is 0.165. The Kier molecular flexibility index (Phi) is 3.71. The van der Waals surface area contributed by atoms with Crippen molar-refractivity contribution in [3.63, 3.8) is 0 Å². The quantitative estimate of drug-likeness (QED) is 0.712. The van der Waals surface area contributed by atoms with E-state index in [4.69, 9.17) is 4.74 Å². The van der Waals surface area contributed by atoms with E-state index in [-0.39, 0.29) is 34.2 Å². The van der Waals surface area contributed by atoms with E-state index in [9.17, 15) is 15.0 Å². The van der Waals surface area contributed by atoms with Crippen LogP contribution in [0.1, 0.15) is 72.1 Å². The van der Waals surface area contributed by atoms with Crippen LogP contribution >= 0.6 is 0 Å². The van der Waals surface area contributed by atoms with E-state index in [0.717, 1.165) is 51.4 Å². The molecular weight excluding hydrogens is 316 g/mol. The molecular formula is C21H34O4. The number of aliphatic hydroxyl groups is 2. The summed E-state index contributed by atoms with van der Waals surface area (Å²) in [5, 5.41) is 21.9. The average Bonchev–Trinajstić information content (AvgIpc) is 2.88. The number of aliphatic hydroxyl groups excluding tert-OH is 2. The summed E-state index contributed by atoms with van der Waals surface area (Å²) >= 11 is 0. The molecule has 0 amide bonds. The highest BCUT2D eigenvalue weighted by atomic mass is 16.5. The number of carbonyl (C=O) groups excluding carboxylic acids is 1. The van der Waals surface area contributed by atoms with Gasteiger partial charge in [0.15, 0.2) is 0 Å². The van der Waals surface area contributed by atoms with E-state index in [1.165, 1.54) is 7.11 Å². The van der Waals surface area contributed by atoms with Crippen molar-refractivity contribution >= 4 is 5.97 Å². The molecule has 2 bridgehead atoms. The first-order valence-electron chi connectivity index (χ1n) is 10.1. The normalized spacial score (nSPS) is 57.5. The number of hydrogen-bond acceptors (Lipinski definition) is 4. The van der Waals surface area contributed by atoms with Crippen molar-refractivity contribution in [1.29, 1.82) is 0 Å². The highest BCUT2D eigenvalue weighted by Gasteiger charge is 2.72. The van der Waals surface area contributed by atoms with Gasteiger partial charge in [-0.05, 0) is 74.0 Å². The van der Waals surface area contributed by atoms with Gasteiger partial charge in [-0.15, -0.1) is 0 Å². The number of ether oxygens (including phenoxy) is 1. The molecule has 0 radical (unpaired) electrons. The Bertz CT molecular complexity index is 590. The zero-order chi connectivity index (χ0) is 18.3. The zero-order valence-corrected chi connectivity index (χ0v) is 16.2. The Morgan fingerprint density at radius 3 is 2.44 bits per heavy atom. The van der Waals surface area contributed by atoms with E-state index in [1.54, 1.807) is 0 Å². The van der Waals surface area contributed by atoms with Gasteiger partial charge in [0.1, 0.15) is 0 Å². The molecule has 0 aromatic heterocycles.